The van der Waals surface area contributed by atoms with Crippen LogP contribution in [0.25, 0.3) is 0 Å². The summed E-state index contributed by atoms with van der Waals surface area (Å²) in [5.41, 5.74) is 0. The standard InChI is InChI=1S/C47H91O9P/c1-3-5-7-9-11-13-15-17-19-21-22-23-25-27-29-31-33-35-37-39-47(50)56-46(44-55-57(51,52)54-42-45(49)41-48)43-53-40-38-36-34-32-30-28-26-24-20-18-16-14-12-10-8-6-4-2/h11,13,17,19,45-46,48-49H,3-10,12,14-16,18,20-44H2,1-2H3,(H,51,52)/b13-11-,19-17-. The van der Waals surface area contributed by atoms with E-state index in [1.807, 2.05) is 0 Å². The predicted molar refractivity (Wildman–Crippen MR) is 238 cm³/mol. The summed E-state index contributed by atoms with van der Waals surface area (Å²) in [6.07, 6.45) is 47.0. The highest BCUT2D eigenvalue weighted by atomic mass is 31.2. The van der Waals surface area contributed by atoms with Crippen LogP contribution in [-0.2, 0) is 27.9 Å². The fourth-order valence-corrected chi connectivity index (χ4v) is 7.53. The van der Waals surface area contributed by atoms with Gasteiger partial charge in [0.1, 0.15) is 12.2 Å². The summed E-state index contributed by atoms with van der Waals surface area (Å²) in [5.74, 6) is -0.383. The molecule has 0 aromatic rings. The molecule has 0 aliphatic heterocycles. The fraction of sp³-hybridized carbons (Fsp3) is 0.894. The predicted octanol–water partition coefficient (Wildman–Crippen LogP) is 13.4. The van der Waals surface area contributed by atoms with Crippen LogP contribution in [0.15, 0.2) is 24.3 Å². The van der Waals surface area contributed by atoms with Crippen LogP contribution in [-0.4, -0.2) is 66.3 Å². The molecule has 3 N–H and O–H groups in total. The van der Waals surface area contributed by atoms with Crippen molar-refractivity contribution in [2.24, 2.45) is 0 Å². The Morgan fingerprint density at radius 1 is 0.544 bits per heavy atom. The topological polar surface area (TPSA) is 132 Å². The zero-order valence-electron chi connectivity index (χ0n) is 37.1. The first-order chi connectivity index (χ1) is 27.8. The van der Waals surface area contributed by atoms with Crippen molar-refractivity contribution >= 4 is 13.8 Å². The summed E-state index contributed by atoms with van der Waals surface area (Å²) in [5, 5.41) is 18.4. The molecule has 3 unspecified atom stereocenters. The quantitative estimate of drug-likeness (QED) is 0.0237. The van der Waals surface area contributed by atoms with Crippen molar-refractivity contribution < 1.29 is 43.0 Å². The van der Waals surface area contributed by atoms with Crippen LogP contribution < -0.4 is 0 Å². The van der Waals surface area contributed by atoms with E-state index < -0.39 is 33.2 Å². The highest BCUT2D eigenvalue weighted by Crippen LogP contribution is 2.43. The second-order valence-electron chi connectivity index (χ2n) is 16.1. The van der Waals surface area contributed by atoms with Crippen LogP contribution in [0.4, 0.5) is 0 Å². The van der Waals surface area contributed by atoms with Crippen molar-refractivity contribution in [3.63, 3.8) is 0 Å². The molecule has 0 fully saturated rings. The Kier molecular flexibility index (Phi) is 43.7. The first-order valence-electron chi connectivity index (χ1n) is 23.8. The lowest BCUT2D eigenvalue weighted by Gasteiger charge is -2.20. The van der Waals surface area contributed by atoms with E-state index in [9.17, 15) is 19.4 Å². The van der Waals surface area contributed by atoms with Crippen molar-refractivity contribution in [3.8, 4) is 0 Å². The number of hydrogen-bond acceptors (Lipinski definition) is 8. The number of carbonyl (C=O) groups excluding carboxylic acids is 1. The summed E-state index contributed by atoms with van der Waals surface area (Å²) in [7, 11) is -4.52. The fourth-order valence-electron chi connectivity index (χ4n) is 6.74. The maximum absolute atomic E-state index is 12.6. The summed E-state index contributed by atoms with van der Waals surface area (Å²) in [6, 6.07) is 0. The third-order valence-electron chi connectivity index (χ3n) is 10.4. The Bertz CT molecular complexity index is 944. The number of phosphoric ester groups is 1. The van der Waals surface area contributed by atoms with Gasteiger partial charge in [-0.25, -0.2) is 4.57 Å². The molecule has 338 valence electrons. The number of carbonyl (C=O) groups is 1. The molecule has 0 aliphatic carbocycles. The zero-order chi connectivity index (χ0) is 41.8. The molecular weight excluding hydrogens is 739 g/mol. The van der Waals surface area contributed by atoms with E-state index in [0.717, 1.165) is 38.5 Å². The Morgan fingerprint density at radius 2 is 0.947 bits per heavy atom. The number of aliphatic hydroxyl groups is 2. The highest BCUT2D eigenvalue weighted by molar-refractivity contribution is 7.47. The SMILES string of the molecule is CCCCC/C=C\C/C=C\CCCCCCCCCCCC(=O)OC(COCCCCCCCCCCCCCCCCCCC)COP(=O)(O)OCC(O)CO. The summed E-state index contributed by atoms with van der Waals surface area (Å²) < 4.78 is 33.5. The third kappa shape index (κ3) is 44.3. The first kappa shape index (κ1) is 55.9. The lowest BCUT2D eigenvalue weighted by Crippen LogP contribution is -2.29. The number of ether oxygens (including phenoxy) is 2. The number of allylic oxidation sites excluding steroid dienone is 4. The van der Waals surface area contributed by atoms with Gasteiger partial charge in [0.05, 0.1) is 26.4 Å². The van der Waals surface area contributed by atoms with E-state index in [-0.39, 0.29) is 25.6 Å². The molecule has 0 heterocycles. The third-order valence-corrected chi connectivity index (χ3v) is 11.3. The Balaban J connectivity index is 4.10. The van der Waals surface area contributed by atoms with Gasteiger partial charge in [0, 0.05) is 13.0 Å². The van der Waals surface area contributed by atoms with Crippen molar-refractivity contribution in [1.29, 1.82) is 0 Å². The minimum atomic E-state index is -4.52. The van der Waals surface area contributed by atoms with E-state index >= 15 is 0 Å². The number of unbranched alkanes of at least 4 members (excludes halogenated alkanes) is 28. The lowest BCUT2D eigenvalue weighted by atomic mass is 10.0. The molecule has 0 saturated heterocycles. The average Bonchev–Trinajstić information content (AvgIpc) is 3.20. The molecule has 0 saturated carbocycles. The van der Waals surface area contributed by atoms with Crippen LogP contribution in [0, 0.1) is 0 Å². The molecule has 0 aromatic carbocycles. The number of aliphatic hydroxyl groups excluding tert-OH is 2. The molecule has 0 aromatic heterocycles. The Morgan fingerprint density at radius 3 is 1.44 bits per heavy atom. The second-order valence-corrected chi connectivity index (χ2v) is 17.6. The molecule has 0 bridgehead atoms. The van der Waals surface area contributed by atoms with Gasteiger partial charge in [-0.05, 0) is 44.9 Å². The molecule has 0 rings (SSSR count). The molecule has 0 radical (unpaired) electrons. The van der Waals surface area contributed by atoms with Gasteiger partial charge in [-0.2, -0.15) is 0 Å². The number of esters is 1. The van der Waals surface area contributed by atoms with Gasteiger partial charge in [0.15, 0.2) is 0 Å². The van der Waals surface area contributed by atoms with Crippen molar-refractivity contribution in [3.05, 3.63) is 24.3 Å². The van der Waals surface area contributed by atoms with Crippen LogP contribution in [0.3, 0.4) is 0 Å². The van der Waals surface area contributed by atoms with Gasteiger partial charge in [-0.1, -0.05) is 199 Å². The van der Waals surface area contributed by atoms with Gasteiger partial charge in [0.2, 0.25) is 0 Å². The number of hydrogen-bond donors (Lipinski definition) is 3. The average molecular weight is 831 g/mol. The normalized spacial score (nSPS) is 14.1. The minimum absolute atomic E-state index is 0.0523. The van der Waals surface area contributed by atoms with Crippen molar-refractivity contribution in [1.82, 2.24) is 0 Å². The van der Waals surface area contributed by atoms with Crippen LogP contribution in [0.5, 0.6) is 0 Å². The van der Waals surface area contributed by atoms with E-state index in [2.05, 4.69) is 38.2 Å². The number of phosphoric acid groups is 1. The lowest BCUT2D eigenvalue weighted by molar-refractivity contribution is -0.154. The van der Waals surface area contributed by atoms with E-state index in [4.69, 9.17) is 23.6 Å². The molecule has 0 spiro atoms. The molecule has 0 aliphatic rings. The largest absolute Gasteiger partial charge is 0.472 e. The molecule has 3 atom stereocenters. The van der Waals surface area contributed by atoms with E-state index in [1.165, 1.54) is 167 Å². The minimum Gasteiger partial charge on any atom is -0.457 e. The molecule has 57 heavy (non-hydrogen) atoms. The van der Waals surface area contributed by atoms with Gasteiger partial charge >= 0.3 is 13.8 Å². The van der Waals surface area contributed by atoms with Gasteiger partial charge in [0.25, 0.3) is 0 Å². The smallest absolute Gasteiger partial charge is 0.457 e. The van der Waals surface area contributed by atoms with Crippen LogP contribution in [0.1, 0.15) is 226 Å². The maximum Gasteiger partial charge on any atom is 0.472 e. The summed E-state index contributed by atoms with van der Waals surface area (Å²) >= 11 is 0. The maximum atomic E-state index is 12.6. The van der Waals surface area contributed by atoms with Gasteiger partial charge < -0.3 is 24.6 Å². The summed E-state index contributed by atoms with van der Waals surface area (Å²) in [4.78, 5) is 22.6. The van der Waals surface area contributed by atoms with Crippen LogP contribution in [0.2, 0.25) is 0 Å². The van der Waals surface area contributed by atoms with Crippen molar-refractivity contribution in [2.45, 2.75) is 238 Å². The molecule has 10 heteroatoms. The van der Waals surface area contributed by atoms with Crippen LogP contribution >= 0.6 is 7.82 Å². The second kappa shape index (κ2) is 44.5. The monoisotopic (exact) mass is 831 g/mol. The zero-order valence-corrected chi connectivity index (χ0v) is 38.0. The Hall–Kier alpha value is -1.06. The number of rotatable bonds is 46. The Labute approximate surface area is 351 Å². The molecule has 9 nitrogen and oxygen atoms in total. The highest BCUT2D eigenvalue weighted by Gasteiger charge is 2.26. The van der Waals surface area contributed by atoms with E-state index in [1.54, 1.807) is 0 Å². The van der Waals surface area contributed by atoms with Crippen molar-refractivity contribution in [2.75, 3.05) is 33.0 Å². The molecule has 0 amide bonds. The van der Waals surface area contributed by atoms with Gasteiger partial charge in [-0.15, -0.1) is 0 Å². The van der Waals surface area contributed by atoms with Gasteiger partial charge in [-0.3, -0.25) is 13.8 Å². The van der Waals surface area contributed by atoms with E-state index in [0.29, 0.717) is 6.61 Å². The molecular formula is C47H91O9P. The summed E-state index contributed by atoms with van der Waals surface area (Å²) in [6.45, 7) is 3.54. The first-order valence-corrected chi connectivity index (χ1v) is 25.3.